The zero-order valence-electron chi connectivity index (χ0n) is 15.5. The predicted molar refractivity (Wildman–Crippen MR) is 99.8 cm³/mol. The fourth-order valence-corrected chi connectivity index (χ4v) is 3.86. The Morgan fingerprint density at radius 3 is 2.96 bits per heavy atom. The molecule has 138 valence electrons. The van der Waals surface area contributed by atoms with Gasteiger partial charge < -0.3 is 14.3 Å². The maximum Gasteiger partial charge on any atom is 0.319 e. The number of anilines is 1. The van der Waals surface area contributed by atoms with Crippen LogP contribution in [0, 0.1) is 6.92 Å². The normalized spacial score (nSPS) is 17.0. The first-order chi connectivity index (χ1) is 13.1. The number of nitrogens with zero attached hydrogens (tertiary/aromatic N) is 6. The van der Waals surface area contributed by atoms with E-state index in [0.29, 0.717) is 17.8 Å². The van der Waals surface area contributed by atoms with Crippen LogP contribution in [-0.4, -0.2) is 36.3 Å². The summed E-state index contributed by atoms with van der Waals surface area (Å²) < 4.78 is 7.68. The number of H-pyrrole nitrogens is 1. The van der Waals surface area contributed by atoms with Crippen LogP contribution in [0.5, 0.6) is 0 Å². The van der Waals surface area contributed by atoms with Crippen molar-refractivity contribution in [1.82, 2.24) is 29.8 Å². The van der Waals surface area contributed by atoms with Gasteiger partial charge in [-0.3, -0.25) is 0 Å². The van der Waals surface area contributed by atoms with Crippen LogP contribution in [0.4, 0.5) is 6.01 Å². The number of aromatic amines is 1. The molecule has 1 aliphatic heterocycles. The third-order valence-electron chi connectivity index (χ3n) is 5.14. The highest BCUT2D eigenvalue weighted by Crippen LogP contribution is 2.36. The minimum atomic E-state index is -0.167. The van der Waals surface area contributed by atoms with Gasteiger partial charge in [-0.15, -0.1) is 5.10 Å². The molecule has 0 radical (unpaired) electrons. The first-order valence-corrected chi connectivity index (χ1v) is 9.19. The van der Waals surface area contributed by atoms with Gasteiger partial charge in [0, 0.05) is 31.8 Å². The molecular weight excluding hydrogens is 342 g/mol. The molecule has 5 heterocycles. The Labute approximate surface area is 156 Å². The minimum absolute atomic E-state index is 0.167. The molecule has 0 aromatic carbocycles. The van der Waals surface area contributed by atoms with Gasteiger partial charge in [-0.05, 0) is 23.6 Å². The maximum absolute atomic E-state index is 5.73. The number of imidazole rings is 1. The van der Waals surface area contributed by atoms with Crippen molar-refractivity contribution in [1.29, 1.82) is 0 Å². The molecule has 0 aliphatic carbocycles. The third-order valence-corrected chi connectivity index (χ3v) is 5.14. The third kappa shape index (κ3) is 2.51. The molecule has 4 aromatic heterocycles. The quantitative estimate of drug-likeness (QED) is 0.602. The van der Waals surface area contributed by atoms with Crippen LogP contribution in [0.15, 0.2) is 35.1 Å². The van der Waals surface area contributed by atoms with Crippen molar-refractivity contribution >= 4 is 11.5 Å². The van der Waals surface area contributed by atoms with Crippen LogP contribution in [0.1, 0.15) is 54.3 Å². The topological polar surface area (TPSA) is 88.1 Å². The lowest BCUT2D eigenvalue weighted by atomic mass is 9.99. The van der Waals surface area contributed by atoms with E-state index in [0.717, 1.165) is 35.6 Å². The van der Waals surface area contributed by atoms with Crippen LogP contribution >= 0.6 is 0 Å². The molecule has 0 fully saturated rings. The maximum atomic E-state index is 5.73. The summed E-state index contributed by atoms with van der Waals surface area (Å²) >= 11 is 0. The van der Waals surface area contributed by atoms with Crippen molar-refractivity contribution in [3.05, 3.63) is 59.3 Å². The molecule has 8 heteroatoms. The molecule has 27 heavy (non-hydrogen) atoms. The summed E-state index contributed by atoms with van der Waals surface area (Å²) in [6, 6.07) is 6.69. The molecule has 5 rings (SSSR count). The highest BCUT2D eigenvalue weighted by molar-refractivity contribution is 5.58. The lowest BCUT2D eigenvalue weighted by Gasteiger charge is -2.32. The van der Waals surface area contributed by atoms with Gasteiger partial charge in [0.1, 0.15) is 6.04 Å². The van der Waals surface area contributed by atoms with E-state index in [1.165, 1.54) is 5.56 Å². The molecule has 1 N–H and O–H groups in total. The van der Waals surface area contributed by atoms with Gasteiger partial charge in [0.2, 0.25) is 5.89 Å². The van der Waals surface area contributed by atoms with Gasteiger partial charge >= 0.3 is 6.01 Å². The number of pyridine rings is 1. The Balaban J connectivity index is 1.68. The minimum Gasteiger partial charge on any atom is -0.408 e. The standard InChI is InChI=1S/C19H21N7O/c1-11(2)13-5-4-7-26-16(13)9-15(24-26)18-17-14(20-10-21-17)6-8-25(18)19-23-22-12(3)27-19/h4-5,7,9-11,18H,6,8H2,1-3H3,(H,20,21)/t18-/m0/s1. The van der Waals surface area contributed by atoms with Gasteiger partial charge in [-0.1, -0.05) is 25.0 Å². The lowest BCUT2D eigenvalue weighted by molar-refractivity contribution is 0.477. The summed E-state index contributed by atoms with van der Waals surface area (Å²) in [5, 5.41) is 13.1. The van der Waals surface area contributed by atoms with Crippen molar-refractivity contribution < 1.29 is 4.42 Å². The van der Waals surface area contributed by atoms with E-state index in [2.05, 4.69) is 51.0 Å². The molecule has 1 aliphatic rings. The second-order valence-electron chi connectivity index (χ2n) is 7.23. The van der Waals surface area contributed by atoms with Crippen molar-refractivity contribution in [3.8, 4) is 0 Å². The first-order valence-electron chi connectivity index (χ1n) is 9.19. The Bertz CT molecular complexity index is 1110. The Kier molecular flexibility index (Phi) is 3.53. The molecule has 0 saturated heterocycles. The van der Waals surface area contributed by atoms with E-state index in [-0.39, 0.29) is 6.04 Å². The average Bonchev–Trinajstić information content (AvgIpc) is 3.38. The number of hydrogen-bond donors (Lipinski definition) is 1. The smallest absolute Gasteiger partial charge is 0.319 e. The van der Waals surface area contributed by atoms with Crippen LogP contribution in [0.2, 0.25) is 0 Å². The molecular formula is C19H21N7O. The Morgan fingerprint density at radius 2 is 2.19 bits per heavy atom. The molecule has 0 bridgehead atoms. The van der Waals surface area contributed by atoms with Crippen molar-refractivity contribution in [2.24, 2.45) is 0 Å². The van der Waals surface area contributed by atoms with E-state index in [4.69, 9.17) is 9.52 Å². The van der Waals surface area contributed by atoms with Crippen LogP contribution in [0.25, 0.3) is 5.52 Å². The van der Waals surface area contributed by atoms with Crippen LogP contribution in [0.3, 0.4) is 0 Å². The summed E-state index contributed by atoms with van der Waals surface area (Å²) in [4.78, 5) is 9.94. The van der Waals surface area contributed by atoms with Gasteiger partial charge in [-0.25, -0.2) is 9.50 Å². The van der Waals surface area contributed by atoms with Crippen LogP contribution in [-0.2, 0) is 6.42 Å². The fraction of sp³-hybridized carbons (Fsp3) is 0.368. The highest BCUT2D eigenvalue weighted by Gasteiger charge is 2.35. The van der Waals surface area contributed by atoms with E-state index < -0.39 is 0 Å². The molecule has 8 nitrogen and oxygen atoms in total. The van der Waals surface area contributed by atoms with E-state index in [1.807, 2.05) is 16.8 Å². The largest absolute Gasteiger partial charge is 0.408 e. The molecule has 0 spiro atoms. The van der Waals surface area contributed by atoms with Gasteiger partial charge in [0.25, 0.3) is 0 Å². The van der Waals surface area contributed by atoms with Gasteiger partial charge in [-0.2, -0.15) is 5.10 Å². The molecule has 4 aromatic rings. The van der Waals surface area contributed by atoms with E-state index >= 15 is 0 Å². The fourth-order valence-electron chi connectivity index (χ4n) is 3.86. The number of aryl methyl sites for hydroxylation is 1. The number of aromatic nitrogens is 6. The van der Waals surface area contributed by atoms with Crippen molar-refractivity contribution in [2.45, 2.75) is 39.2 Å². The molecule has 0 amide bonds. The zero-order valence-corrected chi connectivity index (χ0v) is 15.5. The average molecular weight is 363 g/mol. The SMILES string of the molecule is Cc1nnc(N2CCc3[nH]cnc3[C@@H]2c2cc3c(C(C)C)cccn3n2)o1. The number of fused-ring (bicyclic) bond motifs is 2. The number of nitrogens with one attached hydrogen (secondary N) is 1. The molecule has 1 atom stereocenters. The Morgan fingerprint density at radius 1 is 1.30 bits per heavy atom. The van der Waals surface area contributed by atoms with E-state index in [9.17, 15) is 0 Å². The summed E-state index contributed by atoms with van der Waals surface area (Å²) in [6.45, 7) is 6.95. The Hall–Kier alpha value is -3.16. The van der Waals surface area contributed by atoms with E-state index in [1.54, 1.807) is 13.3 Å². The summed E-state index contributed by atoms with van der Waals surface area (Å²) in [5.74, 6) is 0.967. The molecule has 0 saturated carbocycles. The second-order valence-corrected chi connectivity index (χ2v) is 7.23. The first kappa shape index (κ1) is 16.0. The zero-order chi connectivity index (χ0) is 18.5. The summed E-state index contributed by atoms with van der Waals surface area (Å²) in [6.07, 6.45) is 4.58. The second kappa shape index (κ2) is 5.94. The van der Waals surface area contributed by atoms with Gasteiger partial charge in [0.05, 0.1) is 23.2 Å². The predicted octanol–water partition coefficient (Wildman–Crippen LogP) is 3.02. The highest BCUT2D eigenvalue weighted by atomic mass is 16.4. The summed E-state index contributed by atoms with van der Waals surface area (Å²) in [7, 11) is 0. The van der Waals surface area contributed by atoms with Gasteiger partial charge in [0.15, 0.2) is 0 Å². The molecule has 0 unspecified atom stereocenters. The monoisotopic (exact) mass is 363 g/mol. The van der Waals surface area contributed by atoms with Crippen molar-refractivity contribution in [3.63, 3.8) is 0 Å². The lowest BCUT2D eigenvalue weighted by Crippen LogP contribution is -2.36. The number of rotatable bonds is 3. The number of hydrogen-bond acceptors (Lipinski definition) is 6. The van der Waals surface area contributed by atoms with Crippen LogP contribution < -0.4 is 4.90 Å². The van der Waals surface area contributed by atoms with Crippen molar-refractivity contribution in [2.75, 3.05) is 11.4 Å². The summed E-state index contributed by atoms with van der Waals surface area (Å²) in [5.41, 5.74) is 5.41.